The molecule has 2 aromatic carbocycles. The summed E-state index contributed by atoms with van der Waals surface area (Å²) in [5.41, 5.74) is 3.02. The number of ether oxygens (including phenoxy) is 2. The van der Waals surface area contributed by atoms with Crippen LogP contribution in [0.15, 0.2) is 54.2 Å². The van der Waals surface area contributed by atoms with Crippen LogP contribution in [0, 0.1) is 6.92 Å². The van der Waals surface area contributed by atoms with Gasteiger partial charge in [-0.1, -0.05) is 35.9 Å². The Balaban J connectivity index is 2.03. The highest BCUT2D eigenvalue weighted by atomic mass is 16.5. The van der Waals surface area contributed by atoms with Crippen LogP contribution in [0.4, 0.5) is 5.69 Å². The first-order valence-electron chi connectivity index (χ1n) is 9.13. The van der Waals surface area contributed by atoms with Crippen LogP contribution < -0.4 is 10.1 Å². The van der Waals surface area contributed by atoms with Gasteiger partial charge < -0.3 is 14.8 Å². The Morgan fingerprint density at radius 3 is 2.36 bits per heavy atom. The van der Waals surface area contributed by atoms with Crippen molar-refractivity contribution in [2.24, 2.45) is 0 Å². The Labute approximate surface area is 164 Å². The molecule has 0 radical (unpaired) electrons. The van der Waals surface area contributed by atoms with Gasteiger partial charge >= 0.3 is 0 Å². The number of aryl methyl sites for hydroxylation is 1. The molecular weight excluding hydrogens is 356 g/mol. The third-order valence-electron chi connectivity index (χ3n) is 4.60. The van der Waals surface area contributed by atoms with Gasteiger partial charge in [-0.3, -0.25) is 14.5 Å². The Kier molecular flexibility index (Phi) is 6.11. The molecule has 0 aromatic heterocycles. The van der Waals surface area contributed by atoms with Crippen molar-refractivity contribution in [1.29, 1.82) is 0 Å². The summed E-state index contributed by atoms with van der Waals surface area (Å²) >= 11 is 0. The van der Waals surface area contributed by atoms with Crippen LogP contribution in [0.3, 0.4) is 0 Å². The number of carbonyl (C=O) groups is 2. The highest BCUT2D eigenvalue weighted by Crippen LogP contribution is 2.35. The summed E-state index contributed by atoms with van der Waals surface area (Å²) in [5, 5.41) is 3.15. The first kappa shape index (κ1) is 19.6. The lowest BCUT2D eigenvalue weighted by molar-refractivity contribution is -0.137. The number of benzene rings is 2. The maximum absolute atomic E-state index is 13.1. The molecule has 1 N–H and O–H groups in total. The van der Waals surface area contributed by atoms with Gasteiger partial charge in [-0.05, 0) is 31.5 Å². The minimum Gasteiger partial charge on any atom is -0.496 e. The highest BCUT2D eigenvalue weighted by Gasteiger charge is 2.39. The van der Waals surface area contributed by atoms with Gasteiger partial charge in [0, 0.05) is 31.5 Å². The molecule has 0 aliphatic carbocycles. The van der Waals surface area contributed by atoms with Gasteiger partial charge in [-0.15, -0.1) is 0 Å². The molecule has 1 aliphatic heterocycles. The molecular formula is C22H24N2O4. The largest absolute Gasteiger partial charge is 0.496 e. The zero-order valence-electron chi connectivity index (χ0n) is 16.3. The van der Waals surface area contributed by atoms with Crippen molar-refractivity contribution in [2.45, 2.75) is 13.3 Å². The van der Waals surface area contributed by atoms with Crippen molar-refractivity contribution in [3.05, 3.63) is 65.4 Å². The Morgan fingerprint density at radius 1 is 0.964 bits per heavy atom. The number of nitrogens with one attached hydrogen (secondary N) is 1. The normalized spacial score (nSPS) is 14.0. The van der Waals surface area contributed by atoms with E-state index in [9.17, 15) is 9.59 Å². The van der Waals surface area contributed by atoms with Gasteiger partial charge in [0.05, 0.1) is 12.7 Å². The van der Waals surface area contributed by atoms with Crippen molar-refractivity contribution in [2.75, 3.05) is 32.7 Å². The maximum Gasteiger partial charge on any atom is 0.278 e. The lowest BCUT2D eigenvalue weighted by atomic mass is 10.0. The molecule has 0 spiro atoms. The molecule has 0 saturated carbocycles. The molecule has 2 amide bonds. The lowest BCUT2D eigenvalue weighted by Gasteiger charge is -2.15. The number of anilines is 1. The van der Waals surface area contributed by atoms with Crippen LogP contribution in [-0.4, -0.2) is 44.1 Å². The fraction of sp³-hybridized carbons (Fsp3) is 0.273. The summed E-state index contributed by atoms with van der Waals surface area (Å²) in [6, 6.07) is 14.9. The van der Waals surface area contributed by atoms with Crippen molar-refractivity contribution in [1.82, 2.24) is 4.90 Å². The van der Waals surface area contributed by atoms with E-state index in [0.717, 1.165) is 11.3 Å². The first-order chi connectivity index (χ1) is 13.6. The fourth-order valence-corrected chi connectivity index (χ4v) is 3.14. The molecule has 0 fully saturated rings. The number of hydrogen-bond acceptors (Lipinski definition) is 5. The van der Waals surface area contributed by atoms with Gasteiger partial charge in [0.2, 0.25) is 0 Å². The van der Waals surface area contributed by atoms with Crippen LogP contribution >= 0.6 is 0 Å². The topological polar surface area (TPSA) is 67.9 Å². The van der Waals surface area contributed by atoms with Crippen molar-refractivity contribution in [3.63, 3.8) is 0 Å². The summed E-state index contributed by atoms with van der Waals surface area (Å²) in [4.78, 5) is 27.5. The molecule has 28 heavy (non-hydrogen) atoms. The quantitative estimate of drug-likeness (QED) is 0.563. The molecule has 1 heterocycles. The van der Waals surface area contributed by atoms with Crippen LogP contribution in [0.25, 0.3) is 5.57 Å². The second kappa shape index (κ2) is 8.71. The monoisotopic (exact) mass is 380 g/mol. The number of methoxy groups -OCH3 is 2. The summed E-state index contributed by atoms with van der Waals surface area (Å²) in [6.07, 6.45) is 0.574. The fourth-order valence-electron chi connectivity index (χ4n) is 3.14. The predicted molar refractivity (Wildman–Crippen MR) is 108 cm³/mol. The minimum atomic E-state index is -0.345. The second-order valence-electron chi connectivity index (χ2n) is 6.55. The molecule has 2 aromatic rings. The number of para-hydroxylation sites is 1. The van der Waals surface area contributed by atoms with Crippen molar-refractivity contribution in [3.8, 4) is 5.75 Å². The number of nitrogens with zero attached hydrogens (tertiary/aromatic N) is 1. The van der Waals surface area contributed by atoms with Gasteiger partial charge in [-0.2, -0.15) is 0 Å². The van der Waals surface area contributed by atoms with Crippen molar-refractivity contribution < 1.29 is 19.1 Å². The molecule has 1 aliphatic rings. The number of imide groups is 1. The Morgan fingerprint density at radius 2 is 1.68 bits per heavy atom. The average Bonchev–Trinajstić information content (AvgIpc) is 2.94. The van der Waals surface area contributed by atoms with E-state index in [0.29, 0.717) is 36.5 Å². The van der Waals surface area contributed by atoms with E-state index < -0.39 is 0 Å². The zero-order valence-corrected chi connectivity index (χ0v) is 16.3. The smallest absolute Gasteiger partial charge is 0.278 e. The molecule has 6 nitrogen and oxygen atoms in total. The molecule has 146 valence electrons. The standard InChI is InChI=1S/C22H24N2O4/c1-15-9-11-16(12-10-15)23-20-19(17-7-4-5-8-18(17)28-3)21(25)24(22(20)26)13-6-14-27-2/h4-5,7-12,23H,6,13-14H2,1-3H3. The van der Waals surface area contributed by atoms with Crippen molar-refractivity contribution >= 4 is 23.1 Å². The van der Waals surface area contributed by atoms with Gasteiger partial charge in [-0.25, -0.2) is 0 Å². The van der Waals surface area contributed by atoms with Crippen LogP contribution in [0.2, 0.25) is 0 Å². The van der Waals surface area contributed by atoms with E-state index in [2.05, 4.69) is 5.32 Å². The molecule has 6 heteroatoms. The number of carbonyl (C=O) groups excluding carboxylic acids is 2. The first-order valence-corrected chi connectivity index (χ1v) is 9.13. The van der Waals surface area contributed by atoms with E-state index in [1.54, 1.807) is 26.4 Å². The van der Waals surface area contributed by atoms with Crippen LogP contribution in [-0.2, 0) is 14.3 Å². The van der Waals surface area contributed by atoms with Crippen LogP contribution in [0.5, 0.6) is 5.75 Å². The van der Waals surface area contributed by atoms with Crippen LogP contribution in [0.1, 0.15) is 17.5 Å². The van der Waals surface area contributed by atoms with E-state index in [-0.39, 0.29) is 17.5 Å². The average molecular weight is 380 g/mol. The third-order valence-corrected chi connectivity index (χ3v) is 4.60. The predicted octanol–water partition coefficient (Wildman–Crippen LogP) is 3.23. The summed E-state index contributed by atoms with van der Waals surface area (Å²) in [5.74, 6) is -0.136. The molecule has 0 bridgehead atoms. The lowest BCUT2D eigenvalue weighted by Crippen LogP contribution is -2.33. The molecule has 0 saturated heterocycles. The van der Waals surface area contributed by atoms with E-state index in [1.165, 1.54) is 4.90 Å². The number of hydrogen-bond donors (Lipinski definition) is 1. The second-order valence-corrected chi connectivity index (χ2v) is 6.55. The summed E-state index contributed by atoms with van der Waals surface area (Å²) in [7, 11) is 3.14. The summed E-state index contributed by atoms with van der Waals surface area (Å²) in [6.45, 7) is 2.76. The number of amides is 2. The SMILES string of the molecule is COCCCN1C(=O)C(Nc2ccc(C)cc2)=C(c2ccccc2OC)C1=O. The Hall–Kier alpha value is -3.12. The van der Waals surface area contributed by atoms with E-state index in [4.69, 9.17) is 9.47 Å². The number of rotatable bonds is 8. The molecule has 0 atom stereocenters. The van der Waals surface area contributed by atoms with Gasteiger partial charge in [0.25, 0.3) is 11.8 Å². The summed E-state index contributed by atoms with van der Waals surface area (Å²) < 4.78 is 10.5. The minimum absolute atomic E-state index is 0.260. The Bertz CT molecular complexity index is 903. The van der Waals surface area contributed by atoms with Gasteiger partial charge in [0.1, 0.15) is 11.4 Å². The molecule has 3 rings (SSSR count). The van der Waals surface area contributed by atoms with Gasteiger partial charge in [0.15, 0.2) is 0 Å². The highest BCUT2D eigenvalue weighted by molar-refractivity contribution is 6.37. The van der Waals surface area contributed by atoms with E-state index in [1.807, 2.05) is 43.3 Å². The molecule has 0 unspecified atom stereocenters. The maximum atomic E-state index is 13.1. The third kappa shape index (κ3) is 3.92. The zero-order chi connectivity index (χ0) is 20.1. The van der Waals surface area contributed by atoms with E-state index >= 15 is 0 Å².